The van der Waals surface area contributed by atoms with Gasteiger partial charge in [0.1, 0.15) is 0 Å². The number of rotatable bonds is 50. The molecule has 0 aliphatic rings. The van der Waals surface area contributed by atoms with Gasteiger partial charge in [-0.2, -0.15) is 0 Å². The number of H-pyrrole nitrogens is 1. The first-order valence-electron chi connectivity index (χ1n) is 27.9. The highest BCUT2D eigenvalue weighted by molar-refractivity contribution is 5.62. The minimum Gasteiger partial charge on any atom is -0.361 e. The first kappa shape index (κ1) is 55.8. The van der Waals surface area contributed by atoms with Crippen molar-refractivity contribution in [2.45, 2.75) is 322 Å². The predicted molar refractivity (Wildman–Crippen MR) is 272 cm³/mol. The maximum Gasteiger partial charge on any atom is 0.0450 e. The van der Waals surface area contributed by atoms with E-state index in [9.17, 15) is 0 Å². The second kappa shape index (κ2) is 49.4. The molecular formula is C58H109N. The van der Waals surface area contributed by atoms with Crippen LogP contribution in [0.5, 0.6) is 0 Å². The summed E-state index contributed by atoms with van der Waals surface area (Å²) < 4.78 is 0. The first-order valence-corrected chi connectivity index (χ1v) is 27.9. The van der Waals surface area contributed by atoms with Crippen LogP contribution in [0.15, 0.2) is 24.4 Å². The third kappa shape index (κ3) is 43.2. The van der Waals surface area contributed by atoms with E-state index >= 15 is 0 Å². The van der Waals surface area contributed by atoms with E-state index in [1.54, 1.807) is 0 Å². The van der Waals surface area contributed by atoms with Crippen LogP contribution in [0.4, 0.5) is 0 Å². The molecule has 0 aliphatic carbocycles. The van der Waals surface area contributed by atoms with E-state index in [0.29, 0.717) is 0 Å². The van der Waals surface area contributed by atoms with E-state index < -0.39 is 0 Å². The Bertz CT molecular complexity index is 878. The molecule has 0 atom stereocenters. The zero-order valence-electron chi connectivity index (χ0n) is 40.9. The van der Waals surface area contributed by atoms with Crippen molar-refractivity contribution < 1.29 is 0 Å². The quantitative estimate of drug-likeness (QED) is 0.0630. The van der Waals surface area contributed by atoms with Crippen molar-refractivity contribution in [1.29, 1.82) is 0 Å². The summed E-state index contributed by atoms with van der Waals surface area (Å²) in [7, 11) is 0. The topological polar surface area (TPSA) is 15.8 Å². The average Bonchev–Trinajstić information content (AvgIpc) is 3.70. The summed E-state index contributed by atoms with van der Waals surface area (Å²) in [5, 5.41) is 0. The van der Waals surface area contributed by atoms with Crippen molar-refractivity contribution >= 4 is 12.2 Å². The third-order valence-electron chi connectivity index (χ3n) is 13.3. The number of unbranched alkanes of at least 4 members (excludes halogenated alkanes) is 46. The average molecular weight is 821 g/mol. The van der Waals surface area contributed by atoms with E-state index in [-0.39, 0.29) is 0 Å². The molecule has 0 spiro atoms. The lowest BCUT2D eigenvalue weighted by Crippen LogP contribution is -1.84. The summed E-state index contributed by atoms with van der Waals surface area (Å²) in [6, 6.07) is 2.23. The smallest absolute Gasteiger partial charge is 0.0450 e. The Morgan fingerprint density at radius 3 is 0.763 bits per heavy atom. The van der Waals surface area contributed by atoms with Gasteiger partial charge in [-0.1, -0.05) is 315 Å². The highest BCUT2D eigenvalue weighted by Crippen LogP contribution is 2.19. The molecule has 0 fully saturated rings. The van der Waals surface area contributed by atoms with Gasteiger partial charge >= 0.3 is 0 Å². The molecule has 1 aromatic heterocycles. The highest BCUT2D eigenvalue weighted by atomic mass is 14.7. The molecule has 346 valence electrons. The fourth-order valence-corrected chi connectivity index (χ4v) is 9.19. The zero-order valence-corrected chi connectivity index (χ0v) is 40.9. The lowest BCUT2D eigenvalue weighted by atomic mass is 10.0. The van der Waals surface area contributed by atoms with Crippen molar-refractivity contribution in [2.75, 3.05) is 0 Å². The minimum atomic E-state index is 1.21. The Morgan fingerprint density at radius 1 is 0.288 bits per heavy atom. The summed E-state index contributed by atoms with van der Waals surface area (Å²) in [5.41, 5.74) is 2.62. The van der Waals surface area contributed by atoms with E-state index in [1.165, 1.54) is 319 Å². The Kier molecular flexibility index (Phi) is 46.7. The van der Waals surface area contributed by atoms with E-state index in [4.69, 9.17) is 0 Å². The maximum absolute atomic E-state index is 3.45. The van der Waals surface area contributed by atoms with Crippen LogP contribution in [0.25, 0.3) is 12.2 Å². The molecule has 0 saturated carbocycles. The van der Waals surface area contributed by atoms with Crippen molar-refractivity contribution in [3.63, 3.8) is 0 Å². The third-order valence-corrected chi connectivity index (χ3v) is 13.3. The number of hydrogen-bond acceptors (Lipinski definition) is 0. The van der Waals surface area contributed by atoms with Crippen molar-refractivity contribution in [1.82, 2.24) is 4.98 Å². The van der Waals surface area contributed by atoms with Crippen molar-refractivity contribution in [3.05, 3.63) is 35.7 Å². The highest BCUT2D eigenvalue weighted by Gasteiger charge is 2.00. The monoisotopic (exact) mass is 820 g/mol. The Morgan fingerprint density at radius 2 is 0.508 bits per heavy atom. The van der Waals surface area contributed by atoms with Gasteiger partial charge in [0.25, 0.3) is 0 Å². The van der Waals surface area contributed by atoms with Gasteiger partial charge in [-0.05, 0) is 43.4 Å². The van der Waals surface area contributed by atoms with Gasteiger partial charge in [-0.15, -0.1) is 0 Å². The molecule has 0 saturated heterocycles. The first-order chi connectivity index (χ1) is 29.4. The molecule has 0 aromatic carbocycles. The number of aromatic nitrogens is 1. The van der Waals surface area contributed by atoms with Gasteiger partial charge in [0.05, 0.1) is 0 Å². The second-order valence-corrected chi connectivity index (χ2v) is 19.3. The molecule has 1 heteroatoms. The molecule has 0 unspecified atom stereocenters. The largest absolute Gasteiger partial charge is 0.361 e. The lowest BCUT2D eigenvalue weighted by molar-refractivity contribution is 0.518. The molecule has 0 radical (unpaired) electrons. The van der Waals surface area contributed by atoms with Gasteiger partial charge in [0.15, 0.2) is 0 Å². The molecule has 1 heterocycles. The van der Waals surface area contributed by atoms with Crippen LogP contribution < -0.4 is 0 Å². The van der Waals surface area contributed by atoms with Gasteiger partial charge in [0, 0.05) is 11.9 Å². The summed E-state index contributed by atoms with van der Waals surface area (Å²) >= 11 is 0. The molecule has 1 N–H and O–H groups in total. The molecule has 1 rings (SSSR count). The number of allylic oxidation sites excluding steroid dienone is 2. The molecule has 1 aromatic rings. The molecule has 59 heavy (non-hydrogen) atoms. The van der Waals surface area contributed by atoms with Gasteiger partial charge in [-0.3, -0.25) is 0 Å². The fraction of sp³-hybridized carbons (Fsp3) is 0.862. The van der Waals surface area contributed by atoms with Gasteiger partial charge in [0.2, 0.25) is 0 Å². The van der Waals surface area contributed by atoms with Crippen LogP contribution in [-0.2, 0) is 0 Å². The molecule has 0 amide bonds. The second-order valence-electron chi connectivity index (χ2n) is 19.3. The van der Waals surface area contributed by atoms with Gasteiger partial charge in [-0.25, -0.2) is 0 Å². The molecular weight excluding hydrogens is 711 g/mol. The van der Waals surface area contributed by atoms with Crippen LogP contribution in [0, 0.1) is 0 Å². The summed E-state index contributed by atoms with van der Waals surface area (Å²) in [4.78, 5) is 3.45. The van der Waals surface area contributed by atoms with E-state index in [0.717, 1.165) is 0 Å². The van der Waals surface area contributed by atoms with Crippen LogP contribution >= 0.6 is 0 Å². The number of nitrogens with one attached hydrogen (secondary N) is 1. The minimum absolute atomic E-state index is 1.21. The summed E-state index contributed by atoms with van der Waals surface area (Å²) in [5.74, 6) is 0. The number of aromatic amines is 1. The van der Waals surface area contributed by atoms with E-state index in [2.05, 4.69) is 55.4 Å². The number of hydrogen-bond donors (Lipinski definition) is 1. The normalized spacial score (nSPS) is 12.0. The predicted octanol–water partition coefficient (Wildman–Crippen LogP) is 21.8. The van der Waals surface area contributed by atoms with Crippen LogP contribution in [-0.4, -0.2) is 4.98 Å². The Balaban J connectivity index is 1.80. The zero-order chi connectivity index (χ0) is 42.0. The summed E-state index contributed by atoms with van der Waals surface area (Å²) in [6.45, 7) is 4.62. The fourth-order valence-electron chi connectivity index (χ4n) is 9.19. The van der Waals surface area contributed by atoms with Crippen molar-refractivity contribution in [2.24, 2.45) is 0 Å². The lowest BCUT2D eigenvalue weighted by Gasteiger charge is -2.04. The van der Waals surface area contributed by atoms with Crippen molar-refractivity contribution in [3.8, 4) is 0 Å². The van der Waals surface area contributed by atoms with Gasteiger partial charge < -0.3 is 4.98 Å². The van der Waals surface area contributed by atoms with Crippen LogP contribution in [0.1, 0.15) is 333 Å². The maximum atomic E-state index is 3.45. The molecule has 0 bridgehead atoms. The Hall–Kier alpha value is -1.24. The SMILES string of the molecule is CCCCCCCCCCCCCCCCCCCCCCCCCC=Cc1cc[nH]c1C=CCCCCCCCCCCCCCCCCCCCCCCCCC. The Labute approximate surface area is 373 Å². The molecule has 0 aliphatic heterocycles. The summed E-state index contributed by atoms with van der Waals surface area (Å²) in [6.07, 6.45) is 80.9. The van der Waals surface area contributed by atoms with Crippen LogP contribution in [0.2, 0.25) is 0 Å². The van der Waals surface area contributed by atoms with Crippen LogP contribution in [0.3, 0.4) is 0 Å². The van der Waals surface area contributed by atoms with E-state index in [1.807, 2.05) is 0 Å². The molecule has 1 nitrogen and oxygen atoms in total. The standard InChI is InChI=1S/C58H109N/c1-3-5-7-9-11-13-15-17-19-21-23-25-27-29-31-33-35-37-39-41-43-45-47-49-51-53-57-55-56-59-58(57)54-52-50-48-46-44-42-40-38-36-34-32-30-28-26-24-22-20-18-16-14-12-10-8-6-4-2/h51-56,59H,3-50H2,1-2H3.